The molecule has 0 aromatic heterocycles. The number of carbonyl (C=O) groups is 2. The molecule has 0 atom stereocenters. The Kier molecular flexibility index (Phi) is 5.02. The predicted octanol–water partition coefficient (Wildman–Crippen LogP) is 3.25. The molecule has 144 valence electrons. The molecule has 28 heavy (non-hydrogen) atoms. The number of ether oxygens (including phenoxy) is 2. The van der Waals surface area contributed by atoms with Crippen LogP contribution in [0.5, 0.6) is 5.75 Å². The first kappa shape index (κ1) is 18.1. The van der Waals surface area contributed by atoms with E-state index in [1.54, 1.807) is 13.2 Å². The van der Waals surface area contributed by atoms with Crippen LogP contribution in [-0.4, -0.2) is 43.7 Å². The Morgan fingerprint density at radius 1 is 1.14 bits per heavy atom. The molecular formula is C22H22N2O4. The average Bonchev–Trinajstić information content (AvgIpc) is 3.17. The maximum Gasteiger partial charge on any atom is 0.416 e. The van der Waals surface area contributed by atoms with Gasteiger partial charge in [-0.05, 0) is 47.4 Å². The summed E-state index contributed by atoms with van der Waals surface area (Å²) in [4.78, 5) is 27.2. The van der Waals surface area contributed by atoms with Gasteiger partial charge in [0, 0.05) is 24.9 Å². The molecule has 2 aromatic rings. The van der Waals surface area contributed by atoms with E-state index in [2.05, 4.69) is 23.1 Å². The molecule has 0 unspecified atom stereocenters. The standard InChI is InChI=1S/C22H22N2O4/c1-27-19-8-6-16-10-11-23(15-18(16)14-19)20-5-3-2-4-17(20)7-9-21(25)24-12-13-28-22(24)26/h2-9,14H,10-13,15H2,1H3/b9-7+. The monoisotopic (exact) mass is 378 g/mol. The van der Waals surface area contributed by atoms with E-state index in [9.17, 15) is 9.59 Å². The van der Waals surface area contributed by atoms with Crippen molar-refractivity contribution in [3.8, 4) is 5.75 Å². The van der Waals surface area contributed by atoms with Gasteiger partial charge in [-0.25, -0.2) is 9.69 Å². The molecule has 6 nitrogen and oxygen atoms in total. The van der Waals surface area contributed by atoms with Gasteiger partial charge in [-0.1, -0.05) is 24.3 Å². The Morgan fingerprint density at radius 2 is 2.00 bits per heavy atom. The van der Waals surface area contributed by atoms with E-state index >= 15 is 0 Å². The van der Waals surface area contributed by atoms with Crippen LogP contribution in [0.15, 0.2) is 48.5 Å². The van der Waals surface area contributed by atoms with Crippen molar-refractivity contribution in [2.24, 2.45) is 0 Å². The molecule has 1 saturated heterocycles. The summed E-state index contributed by atoms with van der Waals surface area (Å²) in [6.45, 7) is 2.24. The van der Waals surface area contributed by atoms with Crippen molar-refractivity contribution in [2.75, 3.05) is 31.7 Å². The third kappa shape index (κ3) is 3.58. The number of methoxy groups -OCH3 is 1. The van der Waals surface area contributed by atoms with E-state index in [4.69, 9.17) is 9.47 Å². The SMILES string of the molecule is COc1ccc2c(c1)CN(c1ccccc1/C=C/C(=O)N1CCOC1=O)CC2. The fraction of sp³-hybridized carbons (Fsp3) is 0.273. The number of fused-ring (bicyclic) bond motifs is 1. The lowest BCUT2D eigenvalue weighted by Crippen LogP contribution is -2.31. The molecule has 6 heteroatoms. The van der Waals surface area contributed by atoms with Gasteiger partial charge in [0.25, 0.3) is 5.91 Å². The summed E-state index contributed by atoms with van der Waals surface area (Å²) in [6.07, 6.45) is 3.58. The van der Waals surface area contributed by atoms with Crippen LogP contribution in [0.3, 0.4) is 0 Å². The van der Waals surface area contributed by atoms with Crippen LogP contribution in [-0.2, 0) is 22.5 Å². The van der Waals surface area contributed by atoms with Crippen molar-refractivity contribution >= 4 is 23.8 Å². The Bertz CT molecular complexity index is 938. The van der Waals surface area contributed by atoms with E-state index in [0.717, 1.165) is 41.4 Å². The van der Waals surface area contributed by atoms with Gasteiger partial charge in [0.1, 0.15) is 12.4 Å². The number of hydrogen-bond donors (Lipinski definition) is 0. The first-order valence-electron chi connectivity index (χ1n) is 9.32. The molecule has 0 spiro atoms. The van der Waals surface area contributed by atoms with Gasteiger partial charge < -0.3 is 14.4 Å². The van der Waals surface area contributed by atoms with Crippen LogP contribution in [0.1, 0.15) is 16.7 Å². The fourth-order valence-electron chi connectivity index (χ4n) is 3.63. The van der Waals surface area contributed by atoms with E-state index < -0.39 is 6.09 Å². The van der Waals surface area contributed by atoms with Gasteiger partial charge >= 0.3 is 6.09 Å². The zero-order valence-corrected chi connectivity index (χ0v) is 15.8. The summed E-state index contributed by atoms with van der Waals surface area (Å²) < 4.78 is 10.2. The lowest BCUT2D eigenvalue weighted by molar-refractivity contribution is -0.122. The van der Waals surface area contributed by atoms with Gasteiger partial charge in [-0.15, -0.1) is 0 Å². The largest absolute Gasteiger partial charge is 0.497 e. The molecule has 0 radical (unpaired) electrons. The highest BCUT2D eigenvalue weighted by Crippen LogP contribution is 2.30. The van der Waals surface area contributed by atoms with Crippen LogP contribution in [0, 0.1) is 0 Å². The van der Waals surface area contributed by atoms with Gasteiger partial charge in [0.15, 0.2) is 0 Å². The number of nitrogens with zero attached hydrogens (tertiary/aromatic N) is 2. The lowest BCUT2D eigenvalue weighted by Gasteiger charge is -2.32. The zero-order chi connectivity index (χ0) is 19.5. The summed E-state index contributed by atoms with van der Waals surface area (Å²) in [5.41, 5.74) is 4.59. The molecule has 2 aliphatic heterocycles. The molecule has 1 fully saturated rings. The number of anilines is 1. The average molecular weight is 378 g/mol. The fourth-order valence-corrected chi connectivity index (χ4v) is 3.63. The van der Waals surface area contributed by atoms with Gasteiger partial charge in [0.2, 0.25) is 0 Å². The maximum absolute atomic E-state index is 12.3. The predicted molar refractivity (Wildman–Crippen MR) is 106 cm³/mol. The van der Waals surface area contributed by atoms with Gasteiger partial charge in [-0.2, -0.15) is 0 Å². The summed E-state index contributed by atoms with van der Waals surface area (Å²) in [6, 6.07) is 14.2. The number of para-hydroxylation sites is 1. The Morgan fingerprint density at radius 3 is 2.79 bits per heavy atom. The molecule has 0 bridgehead atoms. The lowest BCUT2D eigenvalue weighted by atomic mass is 9.98. The first-order valence-corrected chi connectivity index (χ1v) is 9.32. The van der Waals surface area contributed by atoms with Crippen molar-refractivity contribution in [3.63, 3.8) is 0 Å². The highest BCUT2D eigenvalue weighted by Gasteiger charge is 2.26. The molecular weight excluding hydrogens is 356 g/mol. The van der Waals surface area contributed by atoms with Crippen LogP contribution in [0.2, 0.25) is 0 Å². The van der Waals surface area contributed by atoms with Crippen molar-refractivity contribution in [1.82, 2.24) is 4.90 Å². The summed E-state index contributed by atoms with van der Waals surface area (Å²) >= 11 is 0. The van der Waals surface area contributed by atoms with Crippen molar-refractivity contribution < 1.29 is 19.1 Å². The first-order chi connectivity index (χ1) is 13.7. The molecule has 4 rings (SSSR count). The number of benzene rings is 2. The Hall–Kier alpha value is -3.28. The minimum absolute atomic E-state index is 0.256. The maximum atomic E-state index is 12.3. The third-order valence-corrected chi connectivity index (χ3v) is 5.14. The van der Waals surface area contributed by atoms with Crippen LogP contribution >= 0.6 is 0 Å². The number of carbonyl (C=O) groups excluding carboxylic acids is 2. The summed E-state index contributed by atoms with van der Waals surface area (Å²) in [7, 11) is 1.68. The second-order valence-corrected chi connectivity index (χ2v) is 6.80. The molecule has 0 aliphatic carbocycles. The second kappa shape index (κ2) is 7.76. The van der Waals surface area contributed by atoms with Gasteiger partial charge in [0.05, 0.1) is 13.7 Å². The highest BCUT2D eigenvalue weighted by molar-refractivity contribution is 6.01. The molecule has 2 amide bonds. The Balaban J connectivity index is 1.55. The topological polar surface area (TPSA) is 59.1 Å². The Labute approximate surface area is 164 Å². The quantitative estimate of drug-likeness (QED) is 0.765. The molecule has 0 saturated carbocycles. The zero-order valence-electron chi connectivity index (χ0n) is 15.8. The summed E-state index contributed by atoms with van der Waals surface area (Å²) in [5.74, 6) is 0.503. The van der Waals surface area contributed by atoms with Crippen molar-refractivity contribution in [3.05, 3.63) is 65.2 Å². The van der Waals surface area contributed by atoms with Crippen LogP contribution in [0.4, 0.5) is 10.5 Å². The van der Waals surface area contributed by atoms with Gasteiger partial charge in [-0.3, -0.25) is 4.79 Å². The summed E-state index contributed by atoms with van der Waals surface area (Å²) in [5, 5.41) is 0. The van der Waals surface area contributed by atoms with E-state index in [-0.39, 0.29) is 12.5 Å². The minimum atomic E-state index is -0.579. The van der Waals surface area contributed by atoms with Crippen LogP contribution in [0.25, 0.3) is 6.08 Å². The number of rotatable bonds is 4. The molecule has 0 N–H and O–H groups in total. The number of hydrogen-bond acceptors (Lipinski definition) is 5. The van der Waals surface area contributed by atoms with E-state index in [1.165, 1.54) is 17.2 Å². The molecule has 2 heterocycles. The van der Waals surface area contributed by atoms with E-state index in [1.807, 2.05) is 24.3 Å². The highest BCUT2D eigenvalue weighted by atomic mass is 16.6. The minimum Gasteiger partial charge on any atom is -0.497 e. The van der Waals surface area contributed by atoms with Crippen molar-refractivity contribution in [2.45, 2.75) is 13.0 Å². The molecule has 2 aliphatic rings. The van der Waals surface area contributed by atoms with Crippen molar-refractivity contribution in [1.29, 1.82) is 0 Å². The molecule has 2 aromatic carbocycles. The smallest absolute Gasteiger partial charge is 0.416 e. The number of amides is 2. The second-order valence-electron chi connectivity index (χ2n) is 6.80. The van der Waals surface area contributed by atoms with Crippen LogP contribution < -0.4 is 9.64 Å². The third-order valence-electron chi connectivity index (χ3n) is 5.14. The van der Waals surface area contributed by atoms with E-state index in [0.29, 0.717) is 6.54 Å². The normalized spacial score (nSPS) is 16.2. The number of cyclic esters (lactones) is 1. The number of imide groups is 1.